The number of halogens is 1. The Morgan fingerprint density at radius 3 is 2.53 bits per heavy atom. The van der Waals surface area contributed by atoms with Crippen LogP contribution in [0.2, 0.25) is 0 Å². The van der Waals surface area contributed by atoms with E-state index in [1.54, 1.807) is 0 Å². The largest absolute Gasteiger partial charge is 0.315 e. The van der Waals surface area contributed by atoms with E-state index in [9.17, 15) is 13.2 Å². The molecule has 2 aromatic carbocycles. The van der Waals surface area contributed by atoms with Crippen LogP contribution < -0.4 is 4.90 Å². The third-order valence-corrected chi connectivity index (χ3v) is 9.09. The van der Waals surface area contributed by atoms with Crippen LogP contribution >= 0.6 is 27.7 Å². The first kappa shape index (κ1) is 21.6. The highest BCUT2D eigenvalue weighted by Crippen LogP contribution is 2.43. The summed E-state index contributed by atoms with van der Waals surface area (Å²) in [5.41, 5.74) is 5.01. The number of amides is 1. The molecule has 2 aliphatic rings. The quantitative estimate of drug-likeness (QED) is 0.623. The molecule has 5 nitrogen and oxygen atoms in total. The van der Waals surface area contributed by atoms with Gasteiger partial charge in [-0.25, -0.2) is 8.42 Å². The van der Waals surface area contributed by atoms with E-state index in [0.717, 1.165) is 32.4 Å². The Morgan fingerprint density at radius 1 is 1.17 bits per heavy atom. The van der Waals surface area contributed by atoms with E-state index in [-0.39, 0.29) is 35.1 Å². The van der Waals surface area contributed by atoms with Crippen molar-refractivity contribution in [3.05, 3.63) is 63.1 Å². The molecule has 2 fully saturated rings. The van der Waals surface area contributed by atoms with Crippen LogP contribution in [0.25, 0.3) is 0 Å². The molecule has 2 atom stereocenters. The fourth-order valence-corrected chi connectivity index (χ4v) is 8.86. The summed E-state index contributed by atoms with van der Waals surface area (Å²) in [6, 6.07) is 11.7. The molecule has 2 unspecified atom stereocenters. The number of sulfone groups is 1. The molecule has 0 radical (unpaired) electrons. The minimum absolute atomic E-state index is 0.0880. The molecule has 30 heavy (non-hydrogen) atoms. The third-order valence-electron chi connectivity index (χ3n) is 5.42. The van der Waals surface area contributed by atoms with Gasteiger partial charge in [-0.1, -0.05) is 57.5 Å². The first-order valence-electron chi connectivity index (χ1n) is 9.73. The zero-order valence-corrected chi connectivity index (χ0v) is 20.3. The summed E-state index contributed by atoms with van der Waals surface area (Å²) in [4.78, 5) is 19.2. The Hall–Kier alpha value is -1.64. The van der Waals surface area contributed by atoms with Crippen molar-refractivity contribution in [2.45, 2.75) is 38.5 Å². The van der Waals surface area contributed by atoms with Gasteiger partial charge in [0, 0.05) is 15.4 Å². The summed E-state index contributed by atoms with van der Waals surface area (Å²) in [6.07, 6.45) is 0.228. The van der Waals surface area contributed by atoms with Crippen LogP contribution in [0.1, 0.15) is 22.3 Å². The number of hydrogen-bond acceptors (Lipinski definition) is 4. The molecule has 1 amide bonds. The van der Waals surface area contributed by atoms with Crippen molar-refractivity contribution in [2.75, 3.05) is 16.4 Å². The molecule has 0 N–H and O–H groups in total. The number of aryl methyl sites for hydroxylation is 3. The van der Waals surface area contributed by atoms with Crippen molar-refractivity contribution in [2.24, 2.45) is 4.99 Å². The summed E-state index contributed by atoms with van der Waals surface area (Å²) in [5.74, 6) is -0.00757. The maximum absolute atomic E-state index is 12.8. The highest BCUT2D eigenvalue weighted by molar-refractivity contribution is 9.10. The van der Waals surface area contributed by atoms with Crippen molar-refractivity contribution in [3.63, 3.8) is 0 Å². The molecule has 0 bridgehead atoms. The van der Waals surface area contributed by atoms with Crippen LogP contribution in [0.15, 0.2) is 45.9 Å². The third kappa shape index (κ3) is 4.36. The fraction of sp³-hybridized carbons (Fsp3) is 0.364. The Labute approximate surface area is 190 Å². The molecule has 2 saturated heterocycles. The van der Waals surface area contributed by atoms with Gasteiger partial charge in [0.1, 0.15) is 0 Å². The van der Waals surface area contributed by atoms with Crippen molar-refractivity contribution < 1.29 is 13.2 Å². The number of nitrogens with zero attached hydrogens (tertiary/aromatic N) is 2. The summed E-state index contributed by atoms with van der Waals surface area (Å²) in [5, 5.41) is 0.494. The van der Waals surface area contributed by atoms with Gasteiger partial charge in [-0.05, 0) is 49.6 Å². The lowest BCUT2D eigenvalue weighted by Gasteiger charge is -2.28. The van der Waals surface area contributed by atoms with Gasteiger partial charge >= 0.3 is 0 Å². The van der Waals surface area contributed by atoms with Gasteiger partial charge in [0.05, 0.1) is 24.0 Å². The second-order valence-corrected chi connectivity index (χ2v) is 12.3. The molecule has 0 saturated carbocycles. The topological polar surface area (TPSA) is 66.8 Å². The molecule has 2 aromatic rings. The minimum Gasteiger partial charge on any atom is -0.315 e. The summed E-state index contributed by atoms with van der Waals surface area (Å²) in [6.45, 7) is 6.00. The standard InChI is InChI=1S/C22H23BrN2O3S2/c1-13-5-4-6-16(7-13)10-20(26)24-22-25(18-11-30(27,28)12-19(18)29-22)21-14(2)8-17(23)9-15(21)3/h4-9,18-19H,10-12H2,1-3H3. The van der Waals surface area contributed by atoms with Gasteiger partial charge in [0.2, 0.25) is 0 Å². The number of hydrogen-bond donors (Lipinski definition) is 0. The number of amidine groups is 1. The van der Waals surface area contributed by atoms with Crippen molar-refractivity contribution >= 4 is 54.3 Å². The fourth-order valence-electron chi connectivity index (χ4n) is 4.25. The number of anilines is 1. The predicted molar refractivity (Wildman–Crippen MR) is 127 cm³/mol. The average molecular weight is 507 g/mol. The van der Waals surface area contributed by atoms with E-state index in [2.05, 4.69) is 20.9 Å². The van der Waals surface area contributed by atoms with Crippen molar-refractivity contribution in [1.82, 2.24) is 0 Å². The number of thioether (sulfide) groups is 1. The summed E-state index contributed by atoms with van der Waals surface area (Å²) in [7, 11) is -3.10. The Bertz CT molecular complexity index is 1140. The zero-order chi connectivity index (χ0) is 21.6. The van der Waals surface area contributed by atoms with Gasteiger partial charge in [0.15, 0.2) is 15.0 Å². The van der Waals surface area contributed by atoms with E-state index < -0.39 is 9.84 Å². The van der Waals surface area contributed by atoms with Crippen LogP contribution in [-0.2, 0) is 21.1 Å². The minimum atomic E-state index is -3.10. The average Bonchev–Trinajstić information content (AvgIpc) is 3.06. The summed E-state index contributed by atoms with van der Waals surface area (Å²) >= 11 is 4.94. The molecule has 8 heteroatoms. The SMILES string of the molecule is Cc1cccc(CC(=O)N=C2SC3CS(=O)(=O)CC3N2c2c(C)cc(Br)cc2C)c1. The molecular weight excluding hydrogens is 484 g/mol. The maximum atomic E-state index is 12.8. The molecule has 4 rings (SSSR count). The normalized spacial score (nSPS) is 23.7. The predicted octanol–water partition coefficient (Wildman–Crippen LogP) is 4.22. The number of rotatable bonds is 3. The van der Waals surface area contributed by atoms with E-state index >= 15 is 0 Å². The number of carbonyl (C=O) groups excluding carboxylic acids is 1. The first-order chi connectivity index (χ1) is 14.1. The molecule has 2 aliphatic heterocycles. The van der Waals surface area contributed by atoms with Crippen LogP contribution in [0.3, 0.4) is 0 Å². The maximum Gasteiger partial charge on any atom is 0.252 e. The van der Waals surface area contributed by atoms with Crippen molar-refractivity contribution in [3.8, 4) is 0 Å². The summed E-state index contributed by atoms with van der Waals surface area (Å²) < 4.78 is 25.6. The van der Waals surface area contributed by atoms with Crippen LogP contribution in [0, 0.1) is 20.8 Å². The molecule has 0 spiro atoms. The zero-order valence-electron chi connectivity index (χ0n) is 17.1. The Morgan fingerprint density at radius 2 is 1.87 bits per heavy atom. The van der Waals surface area contributed by atoms with Crippen LogP contribution in [0.5, 0.6) is 0 Å². The monoisotopic (exact) mass is 506 g/mol. The van der Waals surface area contributed by atoms with Crippen LogP contribution in [-0.4, -0.2) is 42.3 Å². The number of carbonyl (C=O) groups is 1. The Balaban J connectivity index is 1.71. The van der Waals surface area contributed by atoms with Gasteiger partial charge in [0.25, 0.3) is 5.91 Å². The smallest absolute Gasteiger partial charge is 0.252 e. The molecule has 158 valence electrons. The van der Waals surface area contributed by atoms with Gasteiger partial charge in [-0.15, -0.1) is 0 Å². The highest BCUT2D eigenvalue weighted by Gasteiger charge is 2.50. The highest BCUT2D eigenvalue weighted by atomic mass is 79.9. The van der Waals surface area contributed by atoms with E-state index in [4.69, 9.17) is 0 Å². The van der Waals surface area contributed by atoms with Gasteiger partial charge in [-0.2, -0.15) is 4.99 Å². The molecule has 2 heterocycles. The van der Waals surface area contributed by atoms with Gasteiger partial charge < -0.3 is 4.90 Å². The lowest BCUT2D eigenvalue weighted by molar-refractivity contribution is -0.117. The molecule has 0 aliphatic carbocycles. The van der Waals surface area contributed by atoms with E-state index in [0.29, 0.717) is 5.17 Å². The molecule has 0 aromatic heterocycles. The molecular formula is C22H23BrN2O3S2. The number of fused-ring (bicyclic) bond motifs is 1. The van der Waals surface area contributed by atoms with E-state index in [1.807, 2.05) is 62.1 Å². The van der Waals surface area contributed by atoms with Crippen LogP contribution in [0.4, 0.5) is 5.69 Å². The number of benzene rings is 2. The second-order valence-electron chi connectivity index (χ2n) is 8.01. The second kappa shape index (κ2) is 8.13. The van der Waals surface area contributed by atoms with E-state index in [1.165, 1.54) is 11.8 Å². The first-order valence-corrected chi connectivity index (χ1v) is 13.2. The lowest BCUT2D eigenvalue weighted by atomic mass is 10.1. The Kier molecular flexibility index (Phi) is 5.85. The lowest BCUT2D eigenvalue weighted by Crippen LogP contribution is -2.38. The van der Waals surface area contributed by atoms with Gasteiger partial charge in [-0.3, -0.25) is 4.79 Å². The van der Waals surface area contributed by atoms with Crippen molar-refractivity contribution in [1.29, 1.82) is 0 Å². The number of aliphatic imine (C=N–C) groups is 1.